The van der Waals surface area contributed by atoms with Crippen LogP contribution in [0.25, 0.3) is 22.1 Å². The van der Waals surface area contributed by atoms with Crippen molar-refractivity contribution in [3.8, 4) is 11.4 Å². The lowest BCUT2D eigenvalue weighted by atomic mass is 10.0. The molecule has 216 valence electrons. The van der Waals surface area contributed by atoms with Gasteiger partial charge in [0, 0.05) is 19.2 Å². The van der Waals surface area contributed by atoms with Gasteiger partial charge in [-0.1, -0.05) is 78.9 Å². The van der Waals surface area contributed by atoms with E-state index in [-0.39, 0.29) is 5.56 Å². The summed E-state index contributed by atoms with van der Waals surface area (Å²) in [5.41, 5.74) is 3.86. The molecule has 7 aromatic rings. The summed E-state index contributed by atoms with van der Waals surface area (Å²) in [5, 5.41) is 12.9. The van der Waals surface area contributed by atoms with Crippen molar-refractivity contribution in [1.29, 1.82) is 0 Å². The van der Waals surface area contributed by atoms with Crippen LogP contribution in [0.5, 0.6) is 0 Å². The van der Waals surface area contributed by atoms with E-state index in [4.69, 9.17) is 4.42 Å². The highest BCUT2D eigenvalue weighted by Crippen LogP contribution is 2.32. The van der Waals surface area contributed by atoms with Crippen molar-refractivity contribution in [2.75, 3.05) is 0 Å². The Morgan fingerprint density at radius 1 is 0.818 bits per heavy atom. The van der Waals surface area contributed by atoms with Gasteiger partial charge in [-0.05, 0) is 71.4 Å². The Balaban J connectivity index is 1.18. The lowest BCUT2D eigenvalue weighted by molar-refractivity contribution is 0.468. The summed E-state index contributed by atoms with van der Waals surface area (Å²) in [4.78, 5) is 17.8. The van der Waals surface area contributed by atoms with Gasteiger partial charge in [0.05, 0.1) is 17.6 Å². The quantitative estimate of drug-likeness (QED) is 0.172. The summed E-state index contributed by atoms with van der Waals surface area (Å²) < 4.78 is 11.6. The second-order valence-electron chi connectivity index (χ2n) is 10.3. The van der Waals surface area contributed by atoms with Crippen molar-refractivity contribution >= 4 is 34.4 Å². The van der Waals surface area contributed by atoms with E-state index >= 15 is 0 Å². The average molecular weight is 597 g/mol. The molecule has 0 unspecified atom stereocenters. The third-order valence-electron chi connectivity index (χ3n) is 7.58. The minimum absolute atomic E-state index is 0.191. The Hall–Kier alpha value is -5.41. The van der Waals surface area contributed by atoms with Gasteiger partial charge in [-0.2, -0.15) is 0 Å². The SMILES string of the molecule is Cc1c(N=Cc2ccc(Sc3nnc(Cc4cccc5ccccc45)n3-c3ccccc3)o2)c(=O)n(-c2ccccc2)n1C. The first-order valence-electron chi connectivity index (χ1n) is 14.2. The molecule has 4 aromatic carbocycles. The summed E-state index contributed by atoms with van der Waals surface area (Å²) in [6, 6.07) is 38.0. The number of furan rings is 1. The van der Waals surface area contributed by atoms with E-state index < -0.39 is 0 Å². The van der Waals surface area contributed by atoms with Crippen LogP contribution in [-0.4, -0.2) is 30.3 Å². The van der Waals surface area contributed by atoms with E-state index in [1.54, 1.807) is 15.6 Å². The number of nitrogens with zero attached hydrogens (tertiary/aromatic N) is 6. The summed E-state index contributed by atoms with van der Waals surface area (Å²) in [6.07, 6.45) is 2.20. The molecule has 0 atom stereocenters. The van der Waals surface area contributed by atoms with Crippen molar-refractivity contribution < 1.29 is 4.42 Å². The number of para-hydroxylation sites is 2. The van der Waals surface area contributed by atoms with Crippen LogP contribution in [-0.2, 0) is 13.5 Å². The normalized spacial score (nSPS) is 11.6. The van der Waals surface area contributed by atoms with Crippen molar-refractivity contribution in [1.82, 2.24) is 24.1 Å². The van der Waals surface area contributed by atoms with Crippen LogP contribution in [0.3, 0.4) is 0 Å². The molecule has 8 nitrogen and oxygen atoms in total. The van der Waals surface area contributed by atoms with Crippen LogP contribution in [0.2, 0.25) is 0 Å². The van der Waals surface area contributed by atoms with Crippen LogP contribution in [0, 0.1) is 6.92 Å². The number of hydrogen-bond acceptors (Lipinski definition) is 6. The zero-order chi connectivity index (χ0) is 30.0. The second-order valence-corrected chi connectivity index (χ2v) is 11.3. The monoisotopic (exact) mass is 596 g/mol. The molecule has 0 radical (unpaired) electrons. The first kappa shape index (κ1) is 27.4. The van der Waals surface area contributed by atoms with Gasteiger partial charge >= 0.3 is 0 Å². The Kier molecular flexibility index (Phi) is 7.29. The maximum atomic E-state index is 13.2. The number of aliphatic imine (C=N–C) groups is 1. The Morgan fingerprint density at radius 2 is 1.52 bits per heavy atom. The predicted octanol–water partition coefficient (Wildman–Crippen LogP) is 7.30. The average Bonchev–Trinajstić information content (AvgIpc) is 3.73. The highest BCUT2D eigenvalue weighted by Gasteiger charge is 2.19. The Bertz CT molecular complexity index is 2170. The lowest BCUT2D eigenvalue weighted by Crippen LogP contribution is -2.19. The van der Waals surface area contributed by atoms with E-state index in [2.05, 4.69) is 62.2 Å². The fraction of sp³-hybridized carbons (Fsp3) is 0.0857. The first-order valence-corrected chi connectivity index (χ1v) is 15.0. The molecule has 0 fully saturated rings. The van der Waals surface area contributed by atoms with Gasteiger partial charge in [-0.15, -0.1) is 10.2 Å². The van der Waals surface area contributed by atoms with Crippen molar-refractivity contribution in [3.63, 3.8) is 0 Å². The summed E-state index contributed by atoms with van der Waals surface area (Å²) in [5.74, 6) is 1.36. The molecular weight excluding hydrogens is 568 g/mol. The summed E-state index contributed by atoms with van der Waals surface area (Å²) >= 11 is 1.39. The zero-order valence-electron chi connectivity index (χ0n) is 24.2. The molecule has 7 rings (SSSR count). The number of fused-ring (bicyclic) bond motifs is 1. The van der Waals surface area contributed by atoms with E-state index in [0.29, 0.717) is 28.1 Å². The van der Waals surface area contributed by atoms with Crippen molar-refractivity contribution in [2.45, 2.75) is 23.6 Å². The molecule has 0 spiro atoms. The maximum absolute atomic E-state index is 13.2. The van der Waals surface area contributed by atoms with Crippen LogP contribution >= 0.6 is 11.8 Å². The molecule has 3 heterocycles. The molecule has 44 heavy (non-hydrogen) atoms. The molecule has 9 heteroatoms. The highest BCUT2D eigenvalue weighted by molar-refractivity contribution is 7.99. The highest BCUT2D eigenvalue weighted by atomic mass is 32.2. The van der Waals surface area contributed by atoms with Crippen LogP contribution in [0.15, 0.2) is 140 Å². The standard InChI is InChI=1S/C35H28N6O2S/c1-24-33(34(42)41(39(24)2)28-17-7-4-8-18-28)36-23-29-20-21-32(43-29)44-35-38-37-31(40(35)27-15-5-3-6-16-27)22-26-14-11-13-25-12-9-10-19-30(25)26/h3-21,23H,22H2,1-2H3. The number of rotatable bonds is 8. The largest absolute Gasteiger partial charge is 0.448 e. The molecule has 0 saturated heterocycles. The smallest absolute Gasteiger partial charge is 0.297 e. The van der Waals surface area contributed by atoms with Gasteiger partial charge in [0.15, 0.2) is 10.8 Å². The van der Waals surface area contributed by atoms with Gasteiger partial charge < -0.3 is 4.42 Å². The Morgan fingerprint density at radius 3 is 2.32 bits per heavy atom. The predicted molar refractivity (Wildman–Crippen MR) is 174 cm³/mol. The lowest BCUT2D eigenvalue weighted by Gasteiger charge is -2.11. The van der Waals surface area contributed by atoms with E-state index in [9.17, 15) is 4.79 Å². The number of aromatic nitrogens is 5. The van der Waals surface area contributed by atoms with Crippen LogP contribution in [0.1, 0.15) is 22.8 Å². The minimum Gasteiger partial charge on any atom is -0.448 e. The molecule has 0 bridgehead atoms. The van der Waals surface area contributed by atoms with Gasteiger partial charge in [0.1, 0.15) is 11.6 Å². The van der Waals surface area contributed by atoms with Crippen molar-refractivity contribution in [2.24, 2.45) is 12.0 Å². The molecular formula is C35H28N6O2S. The third-order valence-corrected chi connectivity index (χ3v) is 8.45. The van der Waals surface area contributed by atoms with Crippen LogP contribution in [0.4, 0.5) is 5.69 Å². The van der Waals surface area contributed by atoms with Gasteiger partial charge in [0.2, 0.25) is 5.16 Å². The third kappa shape index (κ3) is 5.18. The van der Waals surface area contributed by atoms with E-state index in [1.165, 1.54) is 28.1 Å². The molecule has 0 aliphatic heterocycles. The summed E-state index contributed by atoms with van der Waals surface area (Å²) in [7, 11) is 1.85. The fourth-order valence-electron chi connectivity index (χ4n) is 5.31. The van der Waals surface area contributed by atoms with Crippen LogP contribution < -0.4 is 5.56 Å². The van der Waals surface area contributed by atoms with Gasteiger partial charge in [-0.25, -0.2) is 9.67 Å². The van der Waals surface area contributed by atoms with Gasteiger partial charge in [-0.3, -0.25) is 14.0 Å². The minimum atomic E-state index is -0.191. The molecule has 0 aliphatic carbocycles. The Labute approximate surface area is 257 Å². The zero-order valence-corrected chi connectivity index (χ0v) is 25.0. The molecule has 0 N–H and O–H groups in total. The van der Waals surface area contributed by atoms with E-state index in [1.807, 2.05) is 86.8 Å². The van der Waals surface area contributed by atoms with Gasteiger partial charge in [0.25, 0.3) is 5.56 Å². The van der Waals surface area contributed by atoms with E-state index in [0.717, 1.165) is 22.9 Å². The van der Waals surface area contributed by atoms with Crippen molar-refractivity contribution in [3.05, 3.63) is 148 Å². The first-order chi connectivity index (χ1) is 21.6. The second kappa shape index (κ2) is 11.7. The topological polar surface area (TPSA) is 83.1 Å². The summed E-state index contributed by atoms with van der Waals surface area (Å²) in [6.45, 7) is 1.88. The molecule has 0 aliphatic rings. The maximum Gasteiger partial charge on any atom is 0.297 e. The fourth-order valence-corrected chi connectivity index (χ4v) is 6.15. The number of hydrogen-bond donors (Lipinski definition) is 0. The molecule has 0 amide bonds. The molecule has 3 aromatic heterocycles. The molecule has 0 saturated carbocycles. The number of benzene rings is 4.